The zero-order chi connectivity index (χ0) is 22.9. The van der Waals surface area contributed by atoms with Crippen molar-refractivity contribution in [2.24, 2.45) is 0 Å². The minimum Gasteiger partial charge on any atom is -0.353 e. The highest BCUT2D eigenvalue weighted by Crippen LogP contribution is 2.25. The fourth-order valence-corrected chi connectivity index (χ4v) is 3.37. The average molecular weight is 497 g/mol. The van der Waals surface area contributed by atoms with Gasteiger partial charge in [-0.15, -0.1) is 0 Å². The van der Waals surface area contributed by atoms with Crippen LogP contribution in [0.4, 0.5) is 11.5 Å². The van der Waals surface area contributed by atoms with Gasteiger partial charge in [0.25, 0.3) is 0 Å². The van der Waals surface area contributed by atoms with Gasteiger partial charge in [-0.1, -0.05) is 22.0 Å². The average Bonchev–Trinajstić information content (AvgIpc) is 2.76. The van der Waals surface area contributed by atoms with Gasteiger partial charge in [-0.2, -0.15) is 0 Å². The monoisotopic (exact) mass is 496 g/mol. The van der Waals surface area contributed by atoms with Crippen LogP contribution in [-0.2, 0) is 16.0 Å². The number of rotatable bonds is 10. The molecule has 1 aromatic carbocycles. The van der Waals surface area contributed by atoms with E-state index in [-0.39, 0.29) is 18.1 Å². The molecule has 0 aliphatic heterocycles. The third-order valence-corrected chi connectivity index (χ3v) is 5.02. The quantitative estimate of drug-likeness (QED) is 0.328. The van der Waals surface area contributed by atoms with E-state index in [2.05, 4.69) is 41.5 Å². The van der Waals surface area contributed by atoms with Gasteiger partial charge >= 0.3 is 0 Å². The van der Waals surface area contributed by atoms with E-state index in [1.165, 1.54) is 18.5 Å². The Morgan fingerprint density at radius 1 is 1.12 bits per heavy atom. The Hall–Kier alpha value is -3.17. The molecule has 2 heterocycles. The first kappa shape index (κ1) is 23.5. The summed E-state index contributed by atoms with van der Waals surface area (Å²) in [6.07, 6.45) is 6.56. The number of benzene rings is 1. The van der Waals surface area contributed by atoms with Gasteiger partial charge in [-0.05, 0) is 57.4 Å². The zero-order valence-corrected chi connectivity index (χ0v) is 19.6. The molecule has 1 amide bonds. The Bertz CT molecular complexity index is 1130. The van der Waals surface area contributed by atoms with E-state index in [0.717, 1.165) is 28.5 Å². The summed E-state index contributed by atoms with van der Waals surface area (Å²) in [5.41, 5.74) is 2.11. The number of carbonyl (C=O) groups is 2. The van der Waals surface area contributed by atoms with E-state index in [4.69, 9.17) is 0 Å². The second-order valence-electron chi connectivity index (χ2n) is 7.47. The third kappa shape index (κ3) is 7.21. The molecule has 0 fully saturated rings. The molecule has 0 aliphatic rings. The Morgan fingerprint density at radius 2 is 1.97 bits per heavy atom. The Labute approximate surface area is 195 Å². The molecule has 0 saturated heterocycles. The van der Waals surface area contributed by atoms with Crippen LogP contribution in [0.5, 0.6) is 0 Å². The SMILES string of the molecule is CN(C)CCCNC(=O)/C=C/C(=O)Cc1cc2c(Nc3cccc(Br)c3)ncnc2cn1. The van der Waals surface area contributed by atoms with Crippen LogP contribution in [0.3, 0.4) is 0 Å². The first-order valence-electron chi connectivity index (χ1n) is 10.2. The second-order valence-corrected chi connectivity index (χ2v) is 8.39. The lowest BCUT2D eigenvalue weighted by Gasteiger charge is -2.09. The number of halogens is 1. The van der Waals surface area contributed by atoms with E-state index in [1.54, 1.807) is 12.3 Å². The van der Waals surface area contributed by atoms with Crippen LogP contribution >= 0.6 is 15.9 Å². The normalized spacial score (nSPS) is 11.2. The molecule has 0 spiro atoms. The van der Waals surface area contributed by atoms with Gasteiger partial charge in [-0.3, -0.25) is 14.6 Å². The molecule has 2 N–H and O–H groups in total. The lowest BCUT2D eigenvalue weighted by Crippen LogP contribution is -2.25. The summed E-state index contributed by atoms with van der Waals surface area (Å²) in [5.74, 6) is 0.132. The second kappa shape index (κ2) is 11.4. The summed E-state index contributed by atoms with van der Waals surface area (Å²) in [5, 5.41) is 6.80. The van der Waals surface area contributed by atoms with Crippen LogP contribution in [-0.4, -0.2) is 58.7 Å². The van der Waals surface area contributed by atoms with Gasteiger partial charge in [0, 0.05) is 33.9 Å². The first-order chi connectivity index (χ1) is 15.4. The molecule has 32 heavy (non-hydrogen) atoms. The zero-order valence-electron chi connectivity index (χ0n) is 18.0. The number of nitrogens with zero attached hydrogens (tertiary/aromatic N) is 4. The molecule has 0 saturated carbocycles. The van der Waals surface area contributed by atoms with Crippen molar-refractivity contribution < 1.29 is 9.59 Å². The predicted molar refractivity (Wildman–Crippen MR) is 129 cm³/mol. The number of anilines is 2. The molecule has 2 aromatic heterocycles. The number of pyridine rings is 1. The summed E-state index contributed by atoms with van der Waals surface area (Å²) >= 11 is 3.45. The number of aromatic nitrogens is 3. The maximum Gasteiger partial charge on any atom is 0.244 e. The lowest BCUT2D eigenvalue weighted by molar-refractivity contribution is -0.117. The number of hydrogen-bond donors (Lipinski definition) is 2. The maximum absolute atomic E-state index is 12.3. The van der Waals surface area contributed by atoms with Crippen molar-refractivity contribution in [3.63, 3.8) is 0 Å². The highest BCUT2D eigenvalue weighted by Gasteiger charge is 2.09. The van der Waals surface area contributed by atoms with Crippen molar-refractivity contribution in [1.82, 2.24) is 25.2 Å². The Balaban J connectivity index is 1.64. The summed E-state index contributed by atoms with van der Waals surface area (Å²) in [6.45, 7) is 1.45. The van der Waals surface area contributed by atoms with Crippen molar-refractivity contribution in [1.29, 1.82) is 0 Å². The largest absolute Gasteiger partial charge is 0.353 e. The number of ketones is 1. The fraction of sp³-hybridized carbons (Fsp3) is 0.261. The topological polar surface area (TPSA) is 100 Å². The molecular weight excluding hydrogens is 472 g/mol. The van der Waals surface area contributed by atoms with Gasteiger partial charge in [0.1, 0.15) is 12.1 Å². The van der Waals surface area contributed by atoms with E-state index >= 15 is 0 Å². The molecular formula is C23H25BrN6O2. The van der Waals surface area contributed by atoms with Crippen LogP contribution in [0.2, 0.25) is 0 Å². The van der Waals surface area contributed by atoms with Gasteiger partial charge in [0.15, 0.2) is 5.78 Å². The number of amides is 1. The van der Waals surface area contributed by atoms with Crippen LogP contribution in [0, 0.1) is 0 Å². The highest BCUT2D eigenvalue weighted by atomic mass is 79.9. The van der Waals surface area contributed by atoms with E-state index in [0.29, 0.717) is 23.6 Å². The molecule has 0 aliphatic carbocycles. The highest BCUT2D eigenvalue weighted by molar-refractivity contribution is 9.10. The van der Waals surface area contributed by atoms with Crippen molar-refractivity contribution in [3.05, 3.63) is 65.2 Å². The molecule has 9 heteroatoms. The predicted octanol–water partition coefficient (Wildman–Crippen LogP) is 3.27. The Kier molecular flexibility index (Phi) is 8.41. The molecule has 166 valence electrons. The summed E-state index contributed by atoms with van der Waals surface area (Å²) in [7, 11) is 3.96. The van der Waals surface area contributed by atoms with Crippen LogP contribution in [0.15, 0.2) is 59.5 Å². The van der Waals surface area contributed by atoms with Crippen LogP contribution in [0.1, 0.15) is 12.1 Å². The van der Waals surface area contributed by atoms with Crippen LogP contribution < -0.4 is 10.6 Å². The minimum atomic E-state index is -0.280. The first-order valence-corrected chi connectivity index (χ1v) is 11.0. The van der Waals surface area contributed by atoms with Crippen molar-refractivity contribution >= 4 is 50.0 Å². The summed E-state index contributed by atoms with van der Waals surface area (Å²) in [6, 6.07) is 9.53. The number of fused-ring (bicyclic) bond motifs is 1. The summed E-state index contributed by atoms with van der Waals surface area (Å²) < 4.78 is 0.947. The molecule has 0 atom stereocenters. The van der Waals surface area contributed by atoms with E-state index in [1.807, 2.05) is 43.3 Å². The standard InChI is InChI=1S/C23H25BrN6O2/c1-30(2)10-4-9-25-22(32)8-7-19(31)12-18-13-20-21(14-26-18)27-15-28-23(20)29-17-6-3-5-16(24)11-17/h3,5-8,11,13-15H,4,9-10,12H2,1-2H3,(H,25,32)(H,27,28,29)/b8-7+. The molecule has 0 bridgehead atoms. The van der Waals surface area contributed by atoms with E-state index in [9.17, 15) is 9.59 Å². The number of hydrogen-bond acceptors (Lipinski definition) is 7. The fourth-order valence-electron chi connectivity index (χ4n) is 2.97. The molecule has 8 nitrogen and oxygen atoms in total. The van der Waals surface area contributed by atoms with E-state index < -0.39 is 0 Å². The van der Waals surface area contributed by atoms with Crippen molar-refractivity contribution in [2.45, 2.75) is 12.8 Å². The number of carbonyl (C=O) groups excluding carboxylic acids is 2. The number of allylic oxidation sites excluding steroid dienone is 1. The van der Waals surface area contributed by atoms with Crippen LogP contribution in [0.25, 0.3) is 10.9 Å². The third-order valence-electron chi connectivity index (χ3n) is 4.52. The maximum atomic E-state index is 12.3. The summed E-state index contributed by atoms with van der Waals surface area (Å²) in [4.78, 5) is 39.1. The van der Waals surface area contributed by atoms with Crippen molar-refractivity contribution in [2.75, 3.05) is 32.5 Å². The van der Waals surface area contributed by atoms with Crippen molar-refractivity contribution in [3.8, 4) is 0 Å². The van der Waals surface area contributed by atoms with Gasteiger partial charge in [0.2, 0.25) is 5.91 Å². The minimum absolute atomic E-state index is 0.0750. The van der Waals surface area contributed by atoms with Gasteiger partial charge in [-0.25, -0.2) is 9.97 Å². The van der Waals surface area contributed by atoms with Gasteiger partial charge < -0.3 is 15.5 Å². The molecule has 3 rings (SSSR count). The Morgan fingerprint density at radius 3 is 2.75 bits per heavy atom. The molecule has 0 radical (unpaired) electrons. The lowest BCUT2D eigenvalue weighted by atomic mass is 10.1. The molecule has 0 unspecified atom stereocenters. The smallest absolute Gasteiger partial charge is 0.244 e. The van der Waals surface area contributed by atoms with Gasteiger partial charge in [0.05, 0.1) is 18.1 Å². The number of nitrogens with one attached hydrogen (secondary N) is 2. The molecule has 3 aromatic rings.